The van der Waals surface area contributed by atoms with Crippen molar-refractivity contribution in [1.29, 1.82) is 0 Å². The first-order chi connectivity index (χ1) is 9.52. The third-order valence-corrected chi connectivity index (χ3v) is 3.00. The summed E-state index contributed by atoms with van der Waals surface area (Å²) in [5, 5.41) is 19.3. The predicted octanol–water partition coefficient (Wildman–Crippen LogP) is 2.65. The molecule has 0 bridgehead atoms. The van der Waals surface area contributed by atoms with Gasteiger partial charge in [-0.2, -0.15) is 0 Å². The maximum atomic E-state index is 11.4. The summed E-state index contributed by atoms with van der Waals surface area (Å²) in [7, 11) is 3.08. The number of anilines is 2. The van der Waals surface area contributed by atoms with Crippen LogP contribution in [-0.4, -0.2) is 30.3 Å². The van der Waals surface area contributed by atoms with Gasteiger partial charge in [-0.05, 0) is 36.4 Å². The third kappa shape index (κ3) is 2.66. The Balaban J connectivity index is 2.31. The van der Waals surface area contributed by atoms with Crippen LogP contribution in [0.4, 0.5) is 11.4 Å². The van der Waals surface area contributed by atoms with Gasteiger partial charge in [0.15, 0.2) is 0 Å². The molecule has 0 atom stereocenters. The van der Waals surface area contributed by atoms with Gasteiger partial charge in [0, 0.05) is 18.8 Å². The number of ether oxygens (including phenoxy) is 1. The van der Waals surface area contributed by atoms with Crippen molar-refractivity contribution in [2.24, 2.45) is 0 Å². The normalized spacial score (nSPS) is 10.1. The zero-order valence-electron chi connectivity index (χ0n) is 11.2. The summed E-state index contributed by atoms with van der Waals surface area (Å²) in [6, 6.07) is 11.0. The Labute approximate surface area is 116 Å². The molecule has 2 aromatic rings. The minimum atomic E-state index is -0.403. The highest BCUT2D eigenvalue weighted by atomic mass is 16.5. The van der Waals surface area contributed by atoms with Gasteiger partial charge in [-0.3, -0.25) is 0 Å². The molecule has 0 aliphatic heterocycles. The molecule has 0 aliphatic carbocycles. The molecule has 0 unspecified atom stereocenters. The largest absolute Gasteiger partial charge is 0.508 e. The van der Waals surface area contributed by atoms with Crippen molar-refractivity contribution in [1.82, 2.24) is 0 Å². The molecule has 0 aromatic heterocycles. The number of carbonyl (C=O) groups is 1. The maximum absolute atomic E-state index is 11.4. The fraction of sp³-hybridized carbons (Fsp3) is 0.133. The average molecular weight is 273 g/mol. The number of carbonyl (C=O) groups excluding carboxylic acids is 1. The first kappa shape index (κ1) is 13.7. The summed E-state index contributed by atoms with van der Waals surface area (Å²) in [6.45, 7) is 0. The smallest absolute Gasteiger partial charge is 0.337 e. The summed E-state index contributed by atoms with van der Waals surface area (Å²) in [4.78, 5) is 13.1. The number of phenols is 2. The molecule has 0 saturated carbocycles. The second-order valence-electron chi connectivity index (χ2n) is 4.27. The highest BCUT2D eigenvalue weighted by Crippen LogP contribution is 2.34. The second kappa shape index (κ2) is 5.52. The fourth-order valence-electron chi connectivity index (χ4n) is 1.86. The summed E-state index contributed by atoms with van der Waals surface area (Å²) in [6.07, 6.45) is 0. The molecule has 0 amide bonds. The molecule has 20 heavy (non-hydrogen) atoms. The summed E-state index contributed by atoms with van der Waals surface area (Å²) in [5.74, 6) is -0.280. The van der Waals surface area contributed by atoms with Crippen LogP contribution in [-0.2, 0) is 4.74 Å². The molecule has 0 radical (unpaired) electrons. The van der Waals surface area contributed by atoms with Crippen molar-refractivity contribution >= 4 is 17.3 Å². The Morgan fingerprint density at radius 2 is 1.75 bits per heavy atom. The lowest BCUT2D eigenvalue weighted by Gasteiger charge is -2.20. The number of rotatable bonds is 3. The van der Waals surface area contributed by atoms with E-state index in [1.807, 2.05) is 0 Å². The lowest BCUT2D eigenvalue weighted by Crippen LogP contribution is -2.10. The lowest BCUT2D eigenvalue weighted by molar-refractivity contribution is 0.0601. The molecule has 5 heteroatoms. The van der Waals surface area contributed by atoms with Crippen LogP contribution in [0.5, 0.6) is 11.5 Å². The second-order valence-corrected chi connectivity index (χ2v) is 4.27. The zero-order chi connectivity index (χ0) is 14.7. The van der Waals surface area contributed by atoms with Gasteiger partial charge in [0.1, 0.15) is 11.5 Å². The first-order valence-electron chi connectivity index (χ1n) is 5.97. The van der Waals surface area contributed by atoms with Crippen molar-refractivity contribution < 1.29 is 19.7 Å². The van der Waals surface area contributed by atoms with Crippen molar-refractivity contribution in [3.05, 3.63) is 48.0 Å². The van der Waals surface area contributed by atoms with Crippen LogP contribution < -0.4 is 4.90 Å². The van der Waals surface area contributed by atoms with E-state index >= 15 is 0 Å². The van der Waals surface area contributed by atoms with Gasteiger partial charge in [0.2, 0.25) is 0 Å². The Bertz CT molecular complexity index is 622. The molecule has 2 rings (SSSR count). The van der Waals surface area contributed by atoms with Crippen LogP contribution in [0.25, 0.3) is 0 Å². The SMILES string of the molecule is COC(=O)c1ccc(N(C)c2cc(O)ccc2O)cc1. The molecule has 0 spiro atoms. The highest BCUT2D eigenvalue weighted by molar-refractivity contribution is 5.89. The fourth-order valence-corrected chi connectivity index (χ4v) is 1.86. The summed E-state index contributed by atoms with van der Waals surface area (Å²) in [5.41, 5.74) is 1.68. The van der Waals surface area contributed by atoms with Crippen LogP contribution in [0.15, 0.2) is 42.5 Å². The maximum Gasteiger partial charge on any atom is 0.337 e. The Hall–Kier alpha value is -2.69. The molecule has 0 fully saturated rings. The van der Waals surface area contributed by atoms with Crippen molar-refractivity contribution in [2.45, 2.75) is 0 Å². The molecule has 0 aliphatic rings. The standard InChI is InChI=1S/C15H15NO4/c1-16(13-9-12(17)7-8-14(13)18)11-5-3-10(4-6-11)15(19)20-2/h3-9,17-18H,1-2H3. The zero-order valence-corrected chi connectivity index (χ0v) is 11.2. The number of aromatic hydroxyl groups is 2. The van der Waals surface area contributed by atoms with Gasteiger partial charge >= 0.3 is 5.97 Å². The number of methoxy groups -OCH3 is 1. The number of benzene rings is 2. The van der Waals surface area contributed by atoms with Crippen LogP contribution in [0.2, 0.25) is 0 Å². The van der Waals surface area contributed by atoms with Crippen molar-refractivity contribution in [3.63, 3.8) is 0 Å². The van der Waals surface area contributed by atoms with Gasteiger partial charge < -0.3 is 19.8 Å². The van der Waals surface area contributed by atoms with E-state index in [9.17, 15) is 15.0 Å². The molecule has 104 valence electrons. The van der Waals surface area contributed by atoms with E-state index in [1.54, 1.807) is 36.2 Å². The van der Waals surface area contributed by atoms with Gasteiger partial charge in [-0.15, -0.1) is 0 Å². The van der Waals surface area contributed by atoms with Crippen LogP contribution in [0.3, 0.4) is 0 Å². The number of nitrogens with zero attached hydrogens (tertiary/aromatic N) is 1. The van der Waals surface area contributed by atoms with Gasteiger partial charge in [0.05, 0.1) is 18.4 Å². The van der Waals surface area contributed by atoms with E-state index in [-0.39, 0.29) is 11.5 Å². The van der Waals surface area contributed by atoms with Crippen LogP contribution >= 0.6 is 0 Å². The van der Waals surface area contributed by atoms with Gasteiger partial charge in [-0.25, -0.2) is 4.79 Å². The minimum Gasteiger partial charge on any atom is -0.508 e. The Kier molecular flexibility index (Phi) is 3.79. The molecule has 0 saturated heterocycles. The highest BCUT2D eigenvalue weighted by Gasteiger charge is 2.11. The molecule has 5 nitrogen and oxygen atoms in total. The number of hydrogen-bond acceptors (Lipinski definition) is 5. The Morgan fingerprint density at radius 1 is 1.10 bits per heavy atom. The lowest BCUT2D eigenvalue weighted by atomic mass is 10.2. The van der Waals surface area contributed by atoms with Gasteiger partial charge in [-0.1, -0.05) is 0 Å². The summed E-state index contributed by atoms with van der Waals surface area (Å²) < 4.78 is 4.63. The van der Waals surface area contributed by atoms with Gasteiger partial charge in [0.25, 0.3) is 0 Å². The number of esters is 1. The Morgan fingerprint density at radius 3 is 2.35 bits per heavy atom. The number of phenolic OH excluding ortho intramolecular Hbond substituents is 2. The predicted molar refractivity (Wildman–Crippen MR) is 75.6 cm³/mol. The van der Waals surface area contributed by atoms with Crippen molar-refractivity contribution in [2.75, 3.05) is 19.1 Å². The van der Waals surface area contributed by atoms with Crippen LogP contribution in [0, 0.1) is 0 Å². The minimum absolute atomic E-state index is 0.0577. The van der Waals surface area contributed by atoms with E-state index in [4.69, 9.17) is 0 Å². The third-order valence-electron chi connectivity index (χ3n) is 3.00. The first-order valence-corrected chi connectivity index (χ1v) is 5.97. The summed E-state index contributed by atoms with van der Waals surface area (Å²) >= 11 is 0. The van der Waals surface area contributed by atoms with E-state index in [0.29, 0.717) is 11.3 Å². The molecule has 2 aromatic carbocycles. The molecule has 0 heterocycles. The number of hydrogen-bond donors (Lipinski definition) is 2. The monoisotopic (exact) mass is 273 g/mol. The van der Waals surface area contributed by atoms with Crippen LogP contribution in [0.1, 0.15) is 10.4 Å². The van der Waals surface area contributed by atoms with E-state index in [1.165, 1.54) is 25.3 Å². The molecular formula is C15H15NO4. The van der Waals surface area contributed by atoms with Crippen molar-refractivity contribution in [3.8, 4) is 11.5 Å². The molecule has 2 N–H and O–H groups in total. The average Bonchev–Trinajstić information content (AvgIpc) is 2.48. The quantitative estimate of drug-likeness (QED) is 0.664. The van der Waals surface area contributed by atoms with E-state index in [0.717, 1.165) is 5.69 Å². The topological polar surface area (TPSA) is 70.0 Å². The van der Waals surface area contributed by atoms with E-state index in [2.05, 4.69) is 4.74 Å². The molecular weight excluding hydrogens is 258 g/mol. The van der Waals surface area contributed by atoms with E-state index < -0.39 is 5.97 Å².